The lowest BCUT2D eigenvalue weighted by Gasteiger charge is -2.14. The van der Waals surface area contributed by atoms with Crippen LogP contribution in [0.3, 0.4) is 0 Å². The summed E-state index contributed by atoms with van der Waals surface area (Å²) in [6, 6.07) is -0.665. The van der Waals surface area contributed by atoms with Crippen LogP contribution in [0.25, 0.3) is 0 Å². The molecule has 0 saturated carbocycles. The zero-order valence-electron chi connectivity index (χ0n) is 6.90. The molecule has 0 spiro atoms. The average Bonchev–Trinajstić information content (AvgIpc) is 2.02. The van der Waals surface area contributed by atoms with Gasteiger partial charge in [-0.25, -0.2) is 0 Å². The van der Waals surface area contributed by atoms with Crippen molar-refractivity contribution in [3.05, 3.63) is 12.7 Å². The van der Waals surface area contributed by atoms with E-state index >= 15 is 0 Å². The Balaban J connectivity index is 0. The van der Waals surface area contributed by atoms with Crippen molar-refractivity contribution in [3.8, 4) is 0 Å². The summed E-state index contributed by atoms with van der Waals surface area (Å²) in [5.74, 6) is -0.438. The van der Waals surface area contributed by atoms with E-state index in [0.717, 1.165) is 0 Å². The monoisotopic (exact) mass is 211 g/mol. The molecule has 0 saturated heterocycles. The summed E-state index contributed by atoms with van der Waals surface area (Å²) in [7, 11) is 1.30. The highest BCUT2D eigenvalue weighted by Crippen LogP contribution is 2.06. The van der Waals surface area contributed by atoms with Crippen LogP contribution >= 0.6 is 25.0 Å². The summed E-state index contributed by atoms with van der Waals surface area (Å²) in [5, 5.41) is -0.208. The predicted octanol–water partition coefficient (Wildman–Crippen LogP) is 0.783. The molecule has 2 unspecified atom stereocenters. The normalized spacial score (nSPS) is 13.9. The average molecular weight is 212 g/mol. The van der Waals surface area contributed by atoms with Crippen LogP contribution in [0.2, 0.25) is 0 Å². The highest BCUT2D eigenvalue weighted by atomic mass is 35.5. The van der Waals surface area contributed by atoms with Gasteiger partial charge in [0.15, 0.2) is 0 Å². The number of hydrogen-bond acceptors (Lipinski definition) is 4. The van der Waals surface area contributed by atoms with E-state index in [1.54, 1.807) is 6.08 Å². The Morgan fingerprint density at radius 3 is 2.67 bits per heavy atom. The first-order valence-electron chi connectivity index (χ1n) is 3.25. The summed E-state index contributed by atoms with van der Waals surface area (Å²) < 4.78 is 4.43. The van der Waals surface area contributed by atoms with Crippen molar-refractivity contribution in [2.75, 3.05) is 7.11 Å². The van der Waals surface area contributed by atoms with Crippen molar-refractivity contribution in [1.29, 1.82) is 0 Å². The minimum absolute atomic E-state index is 0. The summed E-state index contributed by atoms with van der Waals surface area (Å²) in [6.07, 6.45) is 2.26. The fraction of sp³-hybridized carbons (Fsp3) is 0.571. The van der Waals surface area contributed by atoms with Gasteiger partial charge in [-0.2, -0.15) is 12.6 Å². The third-order valence-corrected chi connectivity index (χ3v) is 1.83. The Hall–Kier alpha value is -0.190. The Morgan fingerprint density at radius 2 is 2.33 bits per heavy atom. The van der Waals surface area contributed by atoms with Crippen molar-refractivity contribution in [3.63, 3.8) is 0 Å². The predicted molar refractivity (Wildman–Crippen MR) is 54.8 cm³/mol. The van der Waals surface area contributed by atoms with E-state index in [1.165, 1.54) is 7.11 Å². The molecular weight excluding hydrogens is 198 g/mol. The molecule has 72 valence electrons. The zero-order chi connectivity index (χ0) is 8.85. The van der Waals surface area contributed by atoms with E-state index < -0.39 is 12.0 Å². The minimum atomic E-state index is -0.665. The number of nitrogens with two attached hydrogens (primary N) is 1. The number of ether oxygens (including phenoxy) is 1. The maximum absolute atomic E-state index is 10.8. The number of carbonyl (C=O) groups excluding carboxylic acids is 1. The number of carbonyl (C=O) groups is 1. The van der Waals surface area contributed by atoms with Gasteiger partial charge >= 0.3 is 5.97 Å². The first-order chi connectivity index (χ1) is 5.13. The van der Waals surface area contributed by atoms with Gasteiger partial charge in [-0.15, -0.1) is 19.0 Å². The van der Waals surface area contributed by atoms with Crippen LogP contribution in [-0.2, 0) is 9.53 Å². The largest absolute Gasteiger partial charge is 0.468 e. The van der Waals surface area contributed by atoms with Gasteiger partial charge in [0.05, 0.1) is 7.11 Å². The molecule has 3 nitrogen and oxygen atoms in total. The highest BCUT2D eigenvalue weighted by Gasteiger charge is 2.20. The molecular formula is C7H14ClNO2S. The molecule has 0 aliphatic heterocycles. The molecule has 0 aromatic carbocycles. The van der Waals surface area contributed by atoms with Crippen LogP contribution in [0.4, 0.5) is 0 Å². The van der Waals surface area contributed by atoms with Crippen LogP contribution in [-0.4, -0.2) is 24.4 Å². The Bertz CT molecular complexity index is 154. The number of hydrogen-bond donors (Lipinski definition) is 2. The van der Waals surface area contributed by atoms with E-state index in [4.69, 9.17) is 5.73 Å². The first kappa shape index (κ1) is 14.3. The molecule has 5 heteroatoms. The lowest BCUT2D eigenvalue weighted by molar-refractivity contribution is -0.142. The number of esters is 1. The van der Waals surface area contributed by atoms with Gasteiger partial charge in [-0.05, 0) is 6.42 Å². The smallest absolute Gasteiger partial charge is 0.323 e. The van der Waals surface area contributed by atoms with Gasteiger partial charge in [0.1, 0.15) is 6.04 Å². The van der Waals surface area contributed by atoms with Crippen LogP contribution in [0, 0.1) is 0 Å². The number of methoxy groups -OCH3 is 1. The maximum Gasteiger partial charge on any atom is 0.323 e. The number of halogens is 1. The standard InChI is InChI=1S/C7H13NO2S.ClH/c1-3-4-5(11)6(8)7(9)10-2;/h3,5-6,11H,1,4,8H2,2H3;1H. The van der Waals surface area contributed by atoms with Crippen molar-refractivity contribution >= 4 is 31.0 Å². The van der Waals surface area contributed by atoms with Crippen molar-refractivity contribution in [2.45, 2.75) is 17.7 Å². The van der Waals surface area contributed by atoms with Gasteiger partial charge in [-0.1, -0.05) is 6.08 Å². The number of thiol groups is 1. The zero-order valence-corrected chi connectivity index (χ0v) is 8.61. The van der Waals surface area contributed by atoms with E-state index in [1.807, 2.05) is 0 Å². The highest BCUT2D eigenvalue weighted by molar-refractivity contribution is 7.81. The molecule has 2 atom stereocenters. The second-order valence-electron chi connectivity index (χ2n) is 2.14. The Kier molecular flexibility index (Phi) is 8.91. The summed E-state index contributed by atoms with van der Waals surface area (Å²) in [5.41, 5.74) is 5.46. The van der Waals surface area contributed by atoms with E-state index in [2.05, 4.69) is 23.9 Å². The second kappa shape index (κ2) is 7.46. The minimum Gasteiger partial charge on any atom is -0.468 e. The van der Waals surface area contributed by atoms with Crippen molar-refractivity contribution < 1.29 is 9.53 Å². The summed E-state index contributed by atoms with van der Waals surface area (Å²) in [4.78, 5) is 10.8. The van der Waals surface area contributed by atoms with Crippen LogP contribution in [0.15, 0.2) is 12.7 Å². The molecule has 0 aromatic rings. The number of rotatable bonds is 4. The van der Waals surface area contributed by atoms with Gasteiger partial charge in [0.2, 0.25) is 0 Å². The van der Waals surface area contributed by atoms with Gasteiger partial charge in [0, 0.05) is 5.25 Å². The molecule has 0 aromatic heterocycles. The van der Waals surface area contributed by atoms with Gasteiger partial charge in [-0.3, -0.25) is 4.79 Å². The molecule has 0 bridgehead atoms. The molecule has 0 aliphatic rings. The lowest BCUT2D eigenvalue weighted by Crippen LogP contribution is -2.39. The molecule has 0 radical (unpaired) electrons. The van der Waals surface area contributed by atoms with Crippen molar-refractivity contribution in [1.82, 2.24) is 0 Å². The second-order valence-corrected chi connectivity index (χ2v) is 2.80. The van der Waals surface area contributed by atoms with Gasteiger partial charge in [0.25, 0.3) is 0 Å². The molecule has 0 fully saturated rings. The first-order valence-corrected chi connectivity index (χ1v) is 3.77. The Morgan fingerprint density at radius 1 is 1.83 bits per heavy atom. The molecule has 2 N–H and O–H groups in total. The third kappa shape index (κ3) is 4.64. The molecule has 0 heterocycles. The molecule has 0 amide bonds. The van der Waals surface area contributed by atoms with Crippen LogP contribution in [0.5, 0.6) is 0 Å². The van der Waals surface area contributed by atoms with Gasteiger partial charge < -0.3 is 10.5 Å². The SMILES string of the molecule is C=CCC(S)C(N)C(=O)OC.Cl. The lowest BCUT2D eigenvalue weighted by atomic mass is 10.1. The fourth-order valence-electron chi connectivity index (χ4n) is 0.611. The topological polar surface area (TPSA) is 52.3 Å². The Labute approximate surface area is 84.2 Å². The summed E-state index contributed by atoms with van der Waals surface area (Å²) >= 11 is 4.10. The van der Waals surface area contributed by atoms with Crippen molar-refractivity contribution in [2.24, 2.45) is 5.73 Å². The fourth-order valence-corrected chi connectivity index (χ4v) is 0.881. The molecule has 0 aliphatic carbocycles. The maximum atomic E-state index is 10.8. The molecule has 12 heavy (non-hydrogen) atoms. The van der Waals surface area contributed by atoms with Crippen LogP contribution in [0.1, 0.15) is 6.42 Å². The van der Waals surface area contributed by atoms with E-state index in [9.17, 15) is 4.79 Å². The molecule has 0 rings (SSSR count). The number of allylic oxidation sites excluding steroid dienone is 1. The summed E-state index contributed by atoms with van der Waals surface area (Å²) in [6.45, 7) is 3.51. The van der Waals surface area contributed by atoms with Crippen LogP contribution < -0.4 is 5.73 Å². The quantitative estimate of drug-likeness (QED) is 0.411. The van der Waals surface area contributed by atoms with E-state index in [-0.39, 0.29) is 17.7 Å². The van der Waals surface area contributed by atoms with E-state index in [0.29, 0.717) is 6.42 Å². The third-order valence-electron chi connectivity index (χ3n) is 1.30.